The largest absolute Gasteiger partial charge is 0.460 e. The molecule has 0 fully saturated rings. The average molecular weight is 390 g/mol. The summed E-state index contributed by atoms with van der Waals surface area (Å²) in [4.78, 5) is 9.65. The van der Waals surface area contributed by atoms with Gasteiger partial charge in [0.2, 0.25) is 11.5 Å². The van der Waals surface area contributed by atoms with E-state index in [1.165, 1.54) is 6.20 Å². The highest BCUT2D eigenvalue weighted by molar-refractivity contribution is 9.10. The molecular weight excluding hydrogens is 385 g/mol. The van der Waals surface area contributed by atoms with Crippen molar-refractivity contribution in [1.82, 2.24) is 19.6 Å². The SMILES string of the molecule is Cn1nc(C(F)(F)C(F)(F)F)c([N+](=O)[O-])c1-n1cc(Br)cn1. The Kier molecular flexibility index (Phi) is 3.71. The van der Waals surface area contributed by atoms with Crippen LogP contribution < -0.4 is 0 Å². The first-order valence-corrected chi connectivity index (χ1v) is 6.13. The number of halogens is 6. The molecule has 0 radical (unpaired) electrons. The third-order valence-corrected chi connectivity index (χ3v) is 3.01. The monoisotopic (exact) mass is 389 g/mol. The Morgan fingerprint density at radius 1 is 1.32 bits per heavy atom. The van der Waals surface area contributed by atoms with Crippen LogP contribution in [0, 0.1) is 10.1 Å². The fraction of sp³-hybridized carbons (Fsp3) is 0.333. The van der Waals surface area contributed by atoms with Gasteiger partial charge in [0.25, 0.3) is 0 Å². The molecule has 0 aliphatic heterocycles. The van der Waals surface area contributed by atoms with Crippen molar-refractivity contribution in [2.75, 3.05) is 0 Å². The summed E-state index contributed by atoms with van der Waals surface area (Å²) < 4.78 is 65.9. The van der Waals surface area contributed by atoms with Crippen molar-refractivity contribution >= 4 is 21.6 Å². The molecule has 0 bridgehead atoms. The van der Waals surface area contributed by atoms with Gasteiger partial charge in [-0.3, -0.25) is 10.1 Å². The van der Waals surface area contributed by atoms with Crippen molar-refractivity contribution in [3.05, 3.63) is 32.7 Å². The molecule has 0 saturated carbocycles. The second-order valence-corrected chi connectivity index (χ2v) is 4.99. The average Bonchev–Trinajstić information content (AvgIpc) is 2.91. The molecule has 2 aromatic rings. The van der Waals surface area contributed by atoms with E-state index in [0.29, 0.717) is 9.15 Å². The van der Waals surface area contributed by atoms with Crippen molar-refractivity contribution < 1.29 is 26.9 Å². The van der Waals surface area contributed by atoms with Crippen LogP contribution in [0.3, 0.4) is 0 Å². The molecule has 0 saturated heterocycles. The Morgan fingerprint density at radius 2 is 1.91 bits per heavy atom. The van der Waals surface area contributed by atoms with Gasteiger partial charge in [0.1, 0.15) is 0 Å². The number of alkyl halides is 5. The third kappa shape index (κ3) is 2.44. The second-order valence-electron chi connectivity index (χ2n) is 4.08. The summed E-state index contributed by atoms with van der Waals surface area (Å²) >= 11 is 2.98. The lowest BCUT2D eigenvalue weighted by Gasteiger charge is -2.16. The van der Waals surface area contributed by atoms with E-state index in [9.17, 15) is 32.1 Å². The van der Waals surface area contributed by atoms with Gasteiger partial charge >= 0.3 is 17.8 Å². The Balaban J connectivity index is 2.77. The maximum atomic E-state index is 13.5. The summed E-state index contributed by atoms with van der Waals surface area (Å²) in [5.74, 6) is -6.11. The number of nitro groups is 1. The van der Waals surface area contributed by atoms with Crippen molar-refractivity contribution in [3.8, 4) is 5.82 Å². The van der Waals surface area contributed by atoms with Crippen LogP contribution in [-0.2, 0) is 13.0 Å². The third-order valence-electron chi connectivity index (χ3n) is 2.60. The van der Waals surface area contributed by atoms with Crippen molar-refractivity contribution in [1.29, 1.82) is 0 Å². The molecule has 2 aromatic heterocycles. The van der Waals surface area contributed by atoms with Gasteiger partial charge in [0.05, 0.1) is 15.6 Å². The standard InChI is InChI=1S/C9H5BrF5N5O2/c1-18-7(19-3-4(10)2-16-19)5(20(21)22)6(17-18)8(11,12)9(13,14)15/h2-3H,1H3. The van der Waals surface area contributed by atoms with Crippen LogP contribution in [0.5, 0.6) is 0 Å². The van der Waals surface area contributed by atoms with Crippen molar-refractivity contribution in [2.45, 2.75) is 12.1 Å². The zero-order valence-corrected chi connectivity index (χ0v) is 12.1. The molecule has 22 heavy (non-hydrogen) atoms. The summed E-state index contributed by atoms with van der Waals surface area (Å²) in [5, 5.41) is 17.6. The highest BCUT2D eigenvalue weighted by Crippen LogP contribution is 2.47. The number of aryl methyl sites for hydroxylation is 1. The molecule has 120 valence electrons. The van der Waals surface area contributed by atoms with Gasteiger partial charge in [0, 0.05) is 13.2 Å². The lowest BCUT2D eigenvalue weighted by Crippen LogP contribution is -2.34. The zero-order valence-electron chi connectivity index (χ0n) is 10.5. The van der Waals surface area contributed by atoms with Crippen LogP contribution in [-0.4, -0.2) is 30.7 Å². The number of hydrogen-bond acceptors (Lipinski definition) is 4. The Morgan fingerprint density at radius 3 is 2.32 bits per heavy atom. The molecule has 0 spiro atoms. The van der Waals surface area contributed by atoms with Crippen molar-refractivity contribution in [3.63, 3.8) is 0 Å². The van der Waals surface area contributed by atoms with Crippen molar-refractivity contribution in [2.24, 2.45) is 7.05 Å². The van der Waals surface area contributed by atoms with Gasteiger partial charge in [-0.2, -0.15) is 32.1 Å². The van der Waals surface area contributed by atoms with Gasteiger partial charge in [0.15, 0.2) is 0 Å². The quantitative estimate of drug-likeness (QED) is 0.459. The first-order chi connectivity index (χ1) is 9.96. The summed E-state index contributed by atoms with van der Waals surface area (Å²) in [6.07, 6.45) is -3.69. The molecular formula is C9H5BrF5N5O2. The molecule has 13 heteroatoms. The Hall–Kier alpha value is -2.05. The summed E-state index contributed by atoms with van der Waals surface area (Å²) in [6.45, 7) is 0. The lowest BCUT2D eigenvalue weighted by atomic mass is 10.2. The van der Waals surface area contributed by atoms with E-state index in [2.05, 4.69) is 26.1 Å². The summed E-state index contributed by atoms with van der Waals surface area (Å²) in [7, 11) is 0.994. The highest BCUT2D eigenvalue weighted by atomic mass is 79.9. The normalized spacial score (nSPS) is 12.7. The fourth-order valence-corrected chi connectivity index (χ4v) is 1.98. The van der Waals surface area contributed by atoms with Gasteiger partial charge < -0.3 is 0 Å². The number of nitrogens with zero attached hydrogens (tertiary/aromatic N) is 5. The van der Waals surface area contributed by atoms with E-state index in [1.807, 2.05) is 0 Å². The number of aromatic nitrogens is 4. The maximum Gasteiger partial charge on any atom is 0.460 e. The molecule has 2 heterocycles. The Bertz CT molecular complexity index is 737. The van der Waals surface area contributed by atoms with E-state index in [1.54, 1.807) is 0 Å². The van der Waals surface area contributed by atoms with E-state index in [-0.39, 0.29) is 0 Å². The number of rotatable bonds is 3. The van der Waals surface area contributed by atoms with Crippen LogP contribution in [0.4, 0.5) is 27.6 Å². The van der Waals surface area contributed by atoms with Crippen LogP contribution >= 0.6 is 15.9 Å². The molecule has 0 atom stereocenters. The van der Waals surface area contributed by atoms with Crippen LogP contribution in [0.15, 0.2) is 16.9 Å². The molecule has 0 unspecified atom stereocenters. The van der Waals surface area contributed by atoms with E-state index >= 15 is 0 Å². The van der Waals surface area contributed by atoms with Gasteiger partial charge in [-0.25, -0.2) is 9.36 Å². The molecule has 0 aliphatic rings. The van der Waals surface area contributed by atoms with E-state index in [0.717, 1.165) is 17.9 Å². The topological polar surface area (TPSA) is 78.8 Å². The van der Waals surface area contributed by atoms with Crippen LogP contribution in [0.1, 0.15) is 5.69 Å². The van der Waals surface area contributed by atoms with Crippen LogP contribution in [0.25, 0.3) is 5.82 Å². The molecule has 7 nitrogen and oxygen atoms in total. The first kappa shape index (κ1) is 16.3. The van der Waals surface area contributed by atoms with Gasteiger partial charge in [-0.15, -0.1) is 0 Å². The first-order valence-electron chi connectivity index (χ1n) is 5.33. The minimum atomic E-state index is -6.02. The predicted molar refractivity (Wildman–Crippen MR) is 64.6 cm³/mol. The highest BCUT2D eigenvalue weighted by Gasteiger charge is 2.64. The summed E-state index contributed by atoms with van der Waals surface area (Å²) in [6, 6.07) is 0. The van der Waals surface area contributed by atoms with E-state index in [4.69, 9.17) is 0 Å². The fourth-order valence-electron chi connectivity index (χ4n) is 1.69. The lowest BCUT2D eigenvalue weighted by molar-refractivity contribution is -0.389. The smallest absolute Gasteiger partial charge is 0.258 e. The minimum absolute atomic E-state index is 0.340. The van der Waals surface area contributed by atoms with Gasteiger partial charge in [-0.05, 0) is 15.9 Å². The minimum Gasteiger partial charge on any atom is -0.258 e. The molecule has 2 rings (SSSR count). The number of hydrogen-bond donors (Lipinski definition) is 0. The van der Waals surface area contributed by atoms with E-state index < -0.39 is 34.2 Å². The van der Waals surface area contributed by atoms with Crippen LogP contribution in [0.2, 0.25) is 0 Å². The summed E-state index contributed by atoms with van der Waals surface area (Å²) in [5.41, 5.74) is -3.46. The molecule has 0 N–H and O–H groups in total. The maximum absolute atomic E-state index is 13.5. The Labute approximate surface area is 126 Å². The molecule has 0 amide bonds. The predicted octanol–water partition coefficient (Wildman–Crippen LogP) is 2.93. The zero-order chi connectivity index (χ0) is 16.9. The molecule has 0 aromatic carbocycles. The van der Waals surface area contributed by atoms with Gasteiger partial charge in [-0.1, -0.05) is 0 Å². The molecule has 0 aliphatic carbocycles. The second kappa shape index (κ2) is 5.00.